The highest BCUT2D eigenvalue weighted by atomic mass is 32.2. The fraction of sp³-hybridized carbons (Fsp3) is 0.800. The Hall–Kier alpha value is -0.550. The number of nitrogens with zero attached hydrogens (tertiary/aromatic N) is 2. The van der Waals surface area contributed by atoms with Crippen LogP contribution in [-0.2, 0) is 0 Å². The normalized spacial score (nSPS) is 18.8. The van der Waals surface area contributed by atoms with E-state index in [0.29, 0.717) is 11.8 Å². The summed E-state index contributed by atoms with van der Waals surface area (Å²) in [5, 5.41) is 3.99. The molecule has 15 heavy (non-hydrogen) atoms. The topological polar surface area (TPSA) is 64.9 Å². The van der Waals surface area contributed by atoms with Crippen LogP contribution in [0.2, 0.25) is 0 Å². The average Bonchev–Trinajstić information content (AvgIpc) is 2.60. The van der Waals surface area contributed by atoms with E-state index in [2.05, 4.69) is 16.4 Å². The zero-order chi connectivity index (χ0) is 10.7. The summed E-state index contributed by atoms with van der Waals surface area (Å²) in [6.45, 7) is 0. The van der Waals surface area contributed by atoms with Gasteiger partial charge in [-0.2, -0.15) is 16.7 Å². The molecule has 5 heteroatoms. The number of nitrogens with two attached hydrogens (primary N) is 1. The molecule has 0 spiro atoms. The van der Waals surface area contributed by atoms with Gasteiger partial charge in [-0.25, -0.2) is 0 Å². The Balaban J connectivity index is 1.93. The third kappa shape index (κ3) is 2.52. The van der Waals surface area contributed by atoms with Crippen LogP contribution in [0.5, 0.6) is 0 Å². The van der Waals surface area contributed by atoms with Gasteiger partial charge in [-0.05, 0) is 31.3 Å². The fourth-order valence-corrected chi connectivity index (χ4v) is 2.09. The van der Waals surface area contributed by atoms with Crippen LogP contribution in [0, 0.1) is 0 Å². The van der Waals surface area contributed by atoms with Crippen LogP contribution in [0.3, 0.4) is 0 Å². The van der Waals surface area contributed by atoms with Gasteiger partial charge < -0.3 is 10.3 Å². The molecule has 84 valence electrons. The molecule has 2 N–H and O–H groups in total. The zero-order valence-corrected chi connectivity index (χ0v) is 9.80. The lowest BCUT2D eigenvalue weighted by atomic mass is 9.85. The van der Waals surface area contributed by atoms with Crippen LogP contribution in [0.15, 0.2) is 4.52 Å². The number of hydrogen-bond donors (Lipinski definition) is 1. The lowest BCUT2D eigenvalue weighted by molar-refractivity contribution is 0.333. The van der Waals surface area contributed by atoms with Crippen molar-refractivity contribution in [1.82, 2.24) is 10.1 Å². The fourth-order valence-electron chi connectivity index (χ4n) is 1.60. The molecular weight excluding hydrogens is 210 g/mol. The molecule has 0 saturated heterocycles. The van der Waals surface area contributed by atoms with Gasteiger partial charge in [0.05, 0.1) is 6.04 Å². The van der Waals surface area contributed by atoms with Gasteiger partial charge in [0.15, 0.2) is 5.82 Å². The summed E-state index contributed by atoms with van der Waals surface area (Å²) in [6.07, 6.45) is 6.64. The van der Waals surface area contributed by atoms with E-state index in [4.69, 9.17) is 10.3 Å². The Morgan fingerprint density at radius 1 is 1.60 bits per heavy atom. The van der Waals surface area contributed by atoms with Crippen LogP contribution < -0.4 is 5.73 Å². The Bertz CT molecular complexity index is 311. The van der Waals surface area contributed by atoms with E-state index in [1.165, 1.54) is 19.3 Å². The highest BCUT2D eigenvalue weighted by Gasteiger charge is 2.25. The maximum Gasteiger partial charge on any atom is 0.243 e. The first kappa shape index (κ1) is 11.0. The van der Waals surface area contributed by atoms with Crippen molar-refractivity contribution in [3.05, 3.63) is 11.7 Å². The molecule has 1 aromatic rings. The minimum atomic E-state index is -0.0984. The monoisotopic (exact) mass is 227 g/mol. The largest absolute Gasteiger partial charge is 0.338 e. The van der Waals surface area contributed by atoms with E-state index in [1.807, 2.05) is 0 Å². The summed E-state index contributed by atoms with van der Waals surface area (Å²) in [7, 11) is 0. The van der Waals surface area contributed by atoms with Crippen molar-refractivity contribution in [3.8, 4) is 0 Å². The van der Waals surface area contributed by atoms with Crippen LogP contribution in [0.4, 0.5) is 0 Å². The molecule has 4 nitrogen and oxygen atoms in total. The number of aromatic nitrogens is 2. The molecule has 1 fully saturated rings. The third-order valence-electron chi connectivity index (χ3n) is 2.88. The predicted octanol–water partition coefficient (Wildman–Crippen LogP) is 2.09. The Morgan fingerprint density at radius 3 is 3.00 bits per heavy atom. The molecule has 0 amide bonds. The third-order valence-corrected chi connectivity index (χ3v) is 3.52. The lowest BCUT2D eigenvalue weighted by Gasteiger charge is -2.21. The van der Waals surface area contributed by atoms with Gasteiger partial charge in [-0.15, -0.1) is 0 Å². The summed E-state index contributed by atoms with van der Waals surface area (Å²) >= 11 is 1.78. The van der Waals surface area contributed by atoms with Crippen molar-refractivity contribution < 1.29 is 4.52 Å². The van der Waals surface area contributed by atoms with E-state index in [1.54, 1.807) is 11.8 Å². The molecule has 1 aliphatic carbocycles. The molecule has 0 aromatic carbocycles. The molecule has 2 rings (SSSR count). The second-order valence-electron chi connectivity index (χ2n) is 4.01. The Morgan fingerprint density at radius 2 is 2.40 bits per heavy atom. The van der Waals surface area contributed by atoms with Gasteiger partial charge in [0.2, 0.25) is 5.89 Å². The summed E-state index contributed by atoms with van der Waals surface area (Å²) in [4.78, 5) is 4.37. The van der Waals surface area contributed by atoms with Gasteiger partial charge in [0.25, 0.3) is 0 Å². The van der Waals surface area contributed by atoms with E-state index >= 15 is 0 Å². The molecule has 1 unspecified atom stereocenters. The first-order chi connectivity index (χ1) is 7.31. The summed E-state index contributed by atoms with van der Waals surface area (Å²) in [5.74, 6) is 3.01. The molecule has 0 radical (unpaired) electrons. The number of hydrogen-bond acceptors (Lipinski definition) is 5. The molecule has 0 bridgehead atoms. The molecule has 1 aliphatic rings. The second-order valence-corrected chi connectivity index (χ2v) is 4.99. The van der Waals surface area contributed by atoms with E-state index < -0.39 is 0 Å². The van der Waals surface area contributed by atoms with Gasteiger partial charge in [-0.3, -0.25) is 0 Å². The quantitative estimate of drug-likeness (QED) is 0.834. The highest BCUT2D eigenvalue weighted by Crippen LogP contribution is 2.34. The van der Waals surface area contributed by atoms with Gasteiger partial charge in [-0.1, -0.05) is 11.6 Å². The van der Waals surface area contributed by atoms with Gasteiger partial charge >= 0.3 is 0 Å². The first-order valence-electron chi connectivity index (χ1n) is 5.39. The molecule has 1 atom stereocenters. The zero-order valence-electron chi connectivity index (χ0n) is 8.98. The van der Waals surface area contributed by atoms with E-state index in [9.17, 15) is 0 Å². The van der Waals surface area contributed by atoms with E-state index in [-0.39, 0.29) is 6.04 Å². The molecule has 1 saturated carbocycles. The van der Waals surface area contributed by atoms with Crippen LogP contribution >= 0.6 is 11.8 Å². The maximum atomic E-state index is 5.94. The minimum Gasteiger partial charge on any atom is -0.338 e. The van der Waals surface area contributed by atoms with Crippen LogP contribution in [0.1, 0.15) is 49.4 Å². The number of thioether (sulfide) groups is 1. The highest BCUT2D eigenvalue weighted by molar-refractivity contribution is 7.98. The molecular formula is C10H17N3OS. The van der Waals surface area contributed by atoms with Crippen molar-refractivity contribution in [2.45, 2.75) is 37.6 Å². The standard InChI is InChI=1S/C10H17N3OS/c1-15-6-5-8(11)10-12-9(13-14-10)7-3-2-4-7/h7-8H,2-6,11H2,1H3. The van der Waals surface area contributed by atoms with Crippen LogP contribution in [0.25, 0.3) is 0 Å². The summed E-state index contributed by atoms with van der Waals surface area (Å²) in [6, 6.07) is -0.0984. The smallest absolute Gasteiger partial charge is 0.243 e. The lowest BCUT2D eigenvalue weighted by Crippen LogP contribution is -2.13. The van der Waals surface area contributed by atoms with Gasteiger partial charge in [0.1, 0.15) is 0 Å². The van der Waals surface area contributed by atoms with Crippen molar-refractivity contribution in [2.75, 3.05) is 12.0 Å². The minimum absolute atomic E-state index is 0.0984. The summed E-state index contributed by atoms with van der Waals surface area (Å²) < 4.78 is 5.18. The molecule has 0 aliphatic heterocycles. The SMILES string of the molecule is CSCCC(N)c1nc(C2CCC2)no1. The van der Waals surface area contributed by atoms with Crippen LogP contribution in [-0.4, -0.2) is 22.1 Å². The summed E-state index contributed by atoms with van der Waals surface area (Å²) in [5.41, 5.74) is 5.94. The Kier molecular flexibility index (Phi) is 3.64. The molecule has 1 aromatic heterocycles. The van der Waals surface area contributed by atoms with Crippen molar-refractivity contribution in [3.63, 3.8) is 0 Å². The van der Waals surface area contributed by atoms with Crippen molar-refractivity contribution in [2.24, 2.45) is 5.73 Å². The molecule has 1 heterocycles. The van der Waals surface area contributed by atoms with Gasteiger partial charge in [0, 0.05) is 5.92 Å². The van der Waals surface area contributed by atoms with Crippen molar-refractivity contribution in [1.29, 1.82) is 0 Å². The van der Waals surface area contributed by atoms with Crippen molar-refractivity contribution >= 4 is 11.8 Å². The predicted molar refractivity (Wildman–Crippen MR) is 60.8 cm³/mol. The van der Waals surface area contributed by atoms with E-state index in [0.717, 1.165) is 18.0 Å². The Labute approximate surface area is 94.0 Å². The average molecular weight is 227 g/mol. The number of rotatable bonds is 5. The second kappa shape index (κ2) is 4.99. The maximum absolute atomic E-state index is 5.94. The first-order valence-corrected chi connectivity index (χ1v) is 6.78.